The maximum Gasteiger partial charge on any atom is 0.407 e. The van der Waals surface area contributed by atoms with E-state index in [-0.39, 0.29) is 18.0 Å². The van der Waals surface area contributed by atoms with E-state index < -0.39 is 12.1 Å². The molecule has 0 bridgehead atoms. The number of likely N-dealkylation sites (tertiary alicyclic amines) is 2. The second-order valence-electron chi connectivity index (χ2n) is 6.10. The summed E-state index contributed by atoms with van der Waals surface area (Å²) in [6.45, 7) is 4.62. The molecular formula is C15H26N4O4. The summed E-state index contributed by atoms with van der Waals surface area (Å²) in [7, 11) is 1.26. The lowest BCUT2D eigenvalue weighted by Crippen LogP contribution is -2.53. The number of hydrogen-bond acceptors (Lipinski definition) is 4. The molecule has 0 aromatic heterocycles. The van der Waals surface area contributed by atoms with Crippen molar-refractivity contribution in [3.63, 3.8) is 0 Å². The van der Waals surface area contributed by atoms with Crippen LogP contribution in [0.25, 0.3) is 0 Å². The van der Waals surface area contributed by atoms with E-state index in [0.29, 0.717) is 13.1 Å². The topological polar surface area (TPSA) is 91.0 Å². The number of urea groups is 1. The van der Waals surface area contributed by atoms with Crippen molar-refractivity contribution in [1.82, 2.24) is 20.4 Å². The molecule has 2 fully saturated rings. The van der Waals surface area contributed by atoms with Gasteiger partial charge in [-0.25, -0.2) is 9.59 Å². The highest BCUT2D eigenvalue weighted by Crippen LogP contribution is 2.16. The summed E-state index contributed by atoms with van der Waals surface area (Å²) in [6.07, 6.45) is 3.01. The van der Waals surface area contributed by atoms with Gasteiger partial charge in [0.1, 0.15) is 6.04 Å². The minimum Gasteiger partial charge on any atom is -0.453 e. The maximum atomic E-state index is 12.3. The standard InChI is InChI=1S/C15H26N4O4/c1-11(16-14(21)23-2)13(20)17-12-5-9-19(10-6-12)15(22)18-7-3-4-8-18/h11-12H,3-10H2,1-2H3,(H,16,21)(H,17,20). The molecule has 8 heteroatoms. The number of nitrogens with one attached hydrogen (secondary N) is 2. The van der Waals surface area contributed by atoms with E-state index in [2.05, 4.69) is 15.4 Å². The summed E-state index contributed by atoms with van der Waals surface area (Å²) in [5.74, 6) is -0.236. The molecule has 2 aliphatic heterocycles. The van der Waals surface area contributed by atoms with Crippen LogP contribution in [0.2, 0.25) is 0 Å². The molecule has 2 rings (SSSR count). The van der Waals surface area contributed by atoms with Crippen LogP contribution in [0.5, 0.6) is 0 Å². The highest BCUT2D eigenvalue weighted by Gasteiger charge is 2.29. The van der Waals surface area contributed by atoms with E-state index in [1.807, 2.05) is 9.80 Å². The van der Waals surface area contributed by atoms with Gasteiger partial charge in [-0.3, -0.25) is 4.79 Å². The van der Waals surface area contributed by atoms with Crippen molar-refractivity contribution in [3.05, 3.63) is 0 Å². The number of ether oxygens (including phenoxy) is 1. The van der Waals surface area contributed by atoms with Crippen molar-refractivity contribution < 1.29 is 19.1 Å². The van der Waals surface area contributed by atoms with E-state index in [9.17, 15) is 14.4 Å². The van der Waals surface area contributed by atoms with Gasteiger partial charge in [0, 0.05) is 32.2 Å². The molecule has 2 saturated heterocycles. The molecule has 2 heterocycles. The van der Waals surface area contributed by atoms with Gasteiger partial charge in [-0.15, -0.1) is 0 Å². The first-order chi connectivity index (χ1) is 11.0. The zero-order valence-electron chi connectivity index (χ0n) is 13.8. The van der Waals surface area contributed by atoms with Gasteiger partial charge < -0.3 is 25.2 Å². The third-order valence-electron chi connectivity index (χ3n) is 4.40. The second-order valence-corrected chi connectivity index (χ2v) is 6.10. The Morgan fingerprint density at radius 2 is 1.61 bits per heavy atom. The van der Waals surface area contributed by atoms with Gasteiger partial charge in [-0.1, -0.05) is 0 Å². The fourth-order valence-electron chi connectivity index (χ4n) is 2.95. The quantitative estimate of drug-likeness (QED) is 0.791. The highest BCUT2D eigenvalue weighted by molar-refractivity contribution is 5.85. The Morgan fingerprint density at radius 1 is 1.04 bits per heavy atom. The number of piperidine rings is 1. The van der Waals surface area contributed by atoms with Gasteiger partial charge in [0.15, 0.2) is 0 Å². The number of carbonyl (C=O) groups is 3. The summed E-state index contributed by atoms with van der Waals surface area (Å²) in [5, 5.41) is 5.35. The lowest BCUT2D eigenvalue weighted by Gasteiger charge is -2.35. The summed E-state index contributed by atoms with van der Waals surface area (Å²) in [4.78, 5) is 39.2. The largest absolute Gasteiger partial charge is 0.453 e. The van der Waals surface area contributed by atoms with E-state index in [4.69, 9.17) is 0 Å². The number of alkyl carbamates (subject to hydrolysis) is 1. The molecule has 2 N–H and O–H groups in total. The molecule has 0 aromatic carbocycles. The van der Waals surface area contributed by atoms with Crippen LogP contribution in [0, 0.1) is 0 Å². The van der Waals surface area contributed by atoms with E-state index >= 15 is 0 Å². The lowest BCUT2D eigenvalue weighted by atomic mass is 10.0. The molecule has 0 aliphatic carbocycles. The van der Waals surface area contributed by atoms with E-state index in [1.165, 1.54) is 7.11 Å². The lowest BCUT2D eigenvalue weighted by molar-refractivity contribution is -0.123. The summed E-state index contributed by atoms with van der Waals surface area (Å²) < 4.78 is 4.47. The smallest absolute Gasteiger partial charge is 0.407 e. The SMILES string of the molecule is COC(=O)NC(C)C(=O)NC1CCN(C(=O)N2CCCC2)CC1. The third-order valence-corrected chi connectivity index (χ3v) is 4.40. The predicted molar refractivity (Wildman–Crippen MR) is 83.9 cm³/mol. The van der Waals surface area contributed by atoms with Crippen LogP contribution in [0.3, 0.4) is 0 Å². The Bertz CT molecular complexity index is 443. The van der Waals surface area contributed by atoms with Gasteiger partial charge in [-0.2, -0.15) is 0 Å². The first kappa shape index (κ1) is 17.4. The number of methoxy groups -OCH3 is 1. The molecule has 23 heavy (non-hydrogen) atoms. The van der Waals surface area contributed by atoms with Crippen molar-refractivity contribution in [3.8, 4) is 0 Å². The van der Waals surface area contributed by atoms with Crippen LogP contribution in [-0.4, -0.2) is 73.2 Å². The Kier molecular flexibility index (Phi) is 6.06. The van der Waals surface area contributed by atoms with Crippen LogP contribution in [0.4, 0.5) is 9.59 Å². The number of rotatable bonds is 3. The average Bonchev–Trinajstić information content (AvgIpc) is 3.09. The molecule has 130 valence electrons. The minimum atomic E-state index is -0.647. The Hall–Kier alpha value is -1.99. The molecule has 1 atom stereocenters. The second kappa shape index (κ2) is 8.03. The van der Waals surface area contributed by atoms with Crippen molar-refractivity contribution in [2.75, 3.05) is 33.3 Å². The van der Waals surface area contributed by atoms with Crippen molar-refractivity contribution in [2.24, 2.45) is 0 Å². The van der Waals surface area contributed by atoms with E-state index in [1.54, 1.807) is 6.92 Å². The van der Waals surface area contributed by atoms with Gasteiger partial charge in [-0.05, 0) is 32.6 Å². The molecule has 2 aliphatic rings. The molecule has 8 nitrogen and oxygen atoms in total. The first-order valence-electron chi connectivity index (χ1n) is 8.20. The Morgan fingerprint density at radius 3 is 2.17 bits per heavy atom. The normalized spacial score (nSPS) is 20.1. The van der Waals surface area contributed by atoms with Crippen LogP contribution in [0.1, 0.15) is 32.6 Å². The number of hydrogen-bond donors (Lipinski definition) is 2. The van der Waals surface area contributed by atoms with Gasteiger partial charge in [0.05, 0.1) is 7.11 Å². The summed E-state index contributed by atoms with van der Waals surface area (Å²) >= 11 is 0. The number of carbonyl (C=O) groups excluding carboxylic acids is 3. The summed E-state index contributed by atoms with van der Waals surface area (Å²) in [6, 6.07) is -0.494. The maximum absolute atomic E-state index is 12.3. The fraction of sp³-hybridized carbons (Fsp3) is 0.800. The zero-order chi connectivity index (χ0) is 16.8. The number of amides is 4. The fourth-order valence-corrected chi connectivity index (χ4v) is 2.95. The van der Waals surface area contributed by atoms with Crippen LogP contribution < -0.4 is 10.6 Å². The third kappa shape index (κ3) is 4.74. The zero-order valence-corrected chi connectivity index (χ0v) is 13.8. The molecule has 4 amide bonds. The molecule has 0 aromatic rings. The van der Waals surface area contributed by atoms with Crippen molar-refractivity contribution in [2.45, 2.75) is 44.7 Å². The van der Waals surface area contributed by atoms with Gasteiger partial charge >= 0.3 is 12.1 Å². The van der Waals surface area contributed by atoms with Crippen LogP contribution in [-0.2, 0) is 9.53 Å². The monoisotopic (exact) mass is 326 g/mol. The minimum absolute atomic E-state index is 0.0343. The summed E-state index contributed by atoms with van der Waals surface area (Å²) in [5.41, 5.74) is 0. The molecule has 0 radical (unpaired) electrons. The van der Waals surface area contributed by atoms with Crippen LogP contribution in [0.15, 0.2) is 0 Å². The van der Waals surface area contributed by atoms with Gasteiger partial charge in [0.2, 0.25) is 5.91 Å². The van der Waals surface area contributed by atoms with Crippen molar-refractivity contribution in [1.29, 1.82) is 0 Å². The average molecular weight is 326 g/mol. The first-order valence-corrected chi connectivity index (χ1v) is 8.20. The molecular weight excluding hydrogens is 300 g/mol. The van der Waals surface area contributed by atoms with E-state index in [0.717, 1.165) is 38.8 Å². The van der Waals surface area contributed by atoms with Crippen LogP contribution >= 0.6 is 0 Å². The molecule has 0 spiro atoms. The number of nitrogens with zero attached hydrogens (tertiary/aromatic N) is 2. The van der Waals surface area contributed by atoms with Gasteiger partial charge in [0.25, 0.3) is 0 Å². The predicted octanol–water partition coefficient (Wildman–Crippen LogP) is 0.527. The Balaban J connectivity index is 1.72. The highest BCUT2D eigenvalue weighted by atomic mass is 16.5. The molecule has 0 saturated carbocycles. The van der Waals surface area contributed by atoms with Crippen molar-refractivity contribution >= 4 is 18.0 Å². The Labute approximate surface area is 136 Å². The molecule has 1 unspecified atom stereocenters.